The molecule has 35 heavy (non-hydrogen) atoms. The van der Waals surface area contributed by atoms with Crippen molar-refractivity contribution in [2.45, 2.75) is 59.2 Å². The van der Waals surface area contributed by atoms with E-state index in [9.17, 15) is 9.59 Å². The van der Waals surface area contributed by atoms with Crippen LogP contribution >= 0.6 is 0 Å². The van der Waals surface area contributed by atoms with Gasteiger partial charge in [0.05, 0.1) is 6.04 Å². The number of nitrogens with zero attached hydrogens (tertiary/aromatic N) is 2. The zero-order valence-corrected chi connectivity index (χ0v) is 21.2. The third-order valence-electron chi connectivity index (χ3n) is 6.71. The molecule has 2 heterocycles. The summed E-state index contributed by atoms with van der Waals surface area (Å²) in [4.78, 5) is 28.9. The van der Waals surface area contributed by atoms with Gasteiger partial charge in [0.15, 0.2) is 5.76 Å². The molecule has 2 amide bonds. The minimum atomic E-state index is -0.151. The number of carbonyl (C=O) groups excluding carboxylic acids is 2. The smallest absolute Gasteiger partial charge is 0.289 e. The Balaban J connectivity index is 1.57. The van der Waals surface area contributed by atoms with E-state index in [2.05, 4.69) is 37.3 Å². The Morgan fingerprint density at radius 2 is 1.86 bits per heavy atom. The molecule has 1 aliphatic heterocycles. The monoisotopic (exact) mass is 474 g/mol. The van der Waals surface area contributed by atoms with Crippen molar-refractivity contribution in [3.8, 4) is 5.75 Å². The Labute approximate surface area is 207 Å². The average molecular weight is 475 g/mol. The summed E-state index contributed by atoms with van der Waals surface area (Å²) in [6, 6.07) is 17.9. The van der Waals surface area contributed by atoms with Crippen molar-refractivity contribution in [1.29, 1.82) is 0 Å². The van der Waals surface area contributed by atoms with Crippen LogP contribution in [0.5, 0.6) is 5.75 Å². The highest BCUT2D eigenvalue weighted by atomic mass is 16.5. The van der Waals surface area contributed by atoms with E-state index < -0.39 is 0 Å². The Morgan fingerprint density at radius 3 is 2.54 bits per heavy atom. The zero-order chi connectivity index (χ0) is 25.1. The van der Waals surface area contributed by atoms with Gasteiger partial charge in [-0.2, -0.15) is 0 Å². The van der Waals surface area contributed by atoms with E-state index in [0.29, 0.717) is 30.2 Å². The van der Waals surface area contributed by atoms with Crippen LogP contribution in [0, 0.1) is 6.92 Å². The predicted molar refractivity (Wildman–Crippen MR) is 135 cm³/mol. The van der Waals surface area contributed by atoms with Crippen molar-refractivity contribution in [3.63, 3.8) is 0 Å². The van der Waals surface area contributed by atoms with Gasteiger partial charge in [-0.15, -0.1) is 0 Å². The molecule has 0 spiro atoms. The van der Waals surface area contributed by atoms with Gasteiger partial charge in [0, 0.05) is 26.1 Å². The molecule has 0 saturated heterocycles. The Morgan fingerprint density at radius 1 is 1.11 bits per heavy atom. The molecular formula is C29H34N2O4. The highest BCUT2D eigenvalue weighted by Crippen LogP contribution is 2.37. The molecule has 4 rings (SSSR count). The van der Waals surface area contributed by atoms with E-state index in [1.807, 2.05) is 37.8 Å². The molecular weight excluding hydrogens is 440 g/mol. The summed E-state index contributed by atoms with van der Waals surface area (Å²) >= 11 is 0. The predicted octanol–water partition coefficient (Wildman–Crippen LogP) is 5.53. The van der Waals surface area contributed by atoms with Crippen LogP contribution in [-0.2, 0) is 17.8 Å². The Hall–Kier alpha value is -3.54. The van der Waals surface area contributed by atoms with Crippen molar-refractivity contribution < 1.29 is 18.7 Å². The van der Waals surface area contributed by atoms with E-state index in [1.165, 1.54) is 11.1 Å². The van der Waals surface area contributed by atoms with Gasteiger partial charge in [-0.05, 0) is 68.1 Å². The lowest BCUT2D eigenvalue weighted by molar-refractivity contribution is -0.132. The first-order valence-corrected chi connectivity index (χ1v) is 12.3. The number of benzene rings is 2. The minimum Gasteiger partial charge on any atom is -0.486 e. The van der Waals surface area contributed by atoms with Gasteiger partial charge in [0.1, 0.15) is 18.1 Å². The molecule has 0 radical (unpaired) electrons. The molecule has 0 fully saturated rings. The highest BCUT2D eigenvalue weighted by molar-refractivity contribution is 5.91. The standard InChI is InChI=1S/C29H34N2O4/c1-6-27(32)31-16-15-21-11-12-23(17-25(21)28(31)22-9-7-20(4)8-10-22)34-18-24-13-14-26(35-24)29(33)30(5)19(2)3/h7-14,17,19,28H,6,15-16,18H2,1-5H3/t28-/m1/s1. The van der Waals surface area contributed by atoms with Crippen LogP contribution in [0.25, 0.3) is 0 Å². The lowest BCUT2D eigenvalue weighted by Gasteiger charge is -2.38. The molecule has 0 N–H and O–H groups in total. The first-order chi connectivity index (χ1) is 16.8. The minimum absolute atomic E-state index is 0.0865. The summed E-state index contributed by atoms with van der Waals surface area (Å²) < 4.78 is 11.8. The maximum atomic E-state index is 12.8. The second-order valence-electron chi connectivity index (χ2n) is 9.43. The summed E-state index contributed by atoms with van der Waals surface area (Å²) in [6.45, 7) is 8.80. The van der Waals surface area contributed by atoms with Crippen molar-refractivity contribution in [1.82, 2.24) is 9.80 Å². The average Bonchev–Trinajstić information content (AvgIpc) is 3.35. The lowest BCUT2D eigenvalue weighted by atomic mass is 9.87. The maximum absolute atomic E-state index is 12.8. The molecule has 1 aliphatic rings. The lowest BCUT2D eigenvalue weighted by Crippen LogP contribution is -2.40. The van der Waals surface area contributed by atoms with Crippen molar-refractivity contribution in [3.05, 3.63) is 88.4 Å². The van der Waals surface area contributed by atoms with E-state index in [1.54, 1.807) is 24.1 Å². The van der Waals surface area contributed by atoms with Crippen LogP contribution in [0.1, 0.15) is 71.8 Å². The third kappa shape index (κ3) is 5.26. The summed E-state index contributed by atoms with van der Waals surface area (Å²) in [6.07, 6.45) is 1.29. The molecule has 0 saturated carbocycles. The summed E-state index contributed by atoms with van der Waals surface area (Å²) in [5, 5.41) is 0. The molecule has 1 aromatic heterocycles. The maximum Gasteiger partial charge on any atom is 0.289 e. The van der Waals surface area contributed by atoms with Gasteiger partial charge < -0.3 is 19.0 Å². The summed E-state index contributed by atoms with van der Waals surface area (Å²) in [5.74, 6) is 1.59. The van der Waals surface area contributed by atoms with Crippen LogP contribution in [0.15, 0.2) is 59.0 Å². The Kier molecular flexibility index (Phi) is 7.29. The second-order valence-corrected chi connectivity index (χ2v) is 9.43. The normalized spacial score (nSPS) is 15.1. The van der Waals surface area contributed by atoms with Crippen LogP contribution < -0.4 is 4.74 Å². The first kappa shape index (κ1) is 24.6. The quantitative estimate of drug-likeness (QED) is 0.452. The summed E-state index contributed by atoms with van der Waals surface area (Å²) in [7, 11) is 1.76. The van der Waals surface area contributed by atoms with Crippen molar-refractivity contribution in [2.75, 3.05) is 13.6 Å². The van der Waals surface area contributed by atoms with Gasteiger partial charge in [-0.3, -0.25) is 9.59 Å². The molecule has 0 aliphatic carbocycles. The van der Waals surface area contributed by atoms with Gasteiger partial charge >= 0.3 is 0 Å². The largest absolute Gasteiger partial charge is 0.486 e. The number of rotatable bonds is 7. The van der Waals surface area contributed by atoms with Crippen LogP contribution in [0.3, 0.4) is 0 Å². The Bertz CT molecular complexity index is 1200. The summed E-state index contributed by atoms with van der Waals surface area (Å²) in [5.41, 5.74) is 4.60. The number of hydrogen-bond donors (Lipinski definition) is 0. The second kappa shape index (κ2) is 10.4. The SMILES string of the molecule is CCC(=O)N1CCc2ccc(OCc3ccc(C(=O)N(C)C(C)C)o3)cc2[C@H]1c1ccc(C)cc1. The number of fused-ring (bicyclic) bond motifs is 1. The molecule has 184 valence electrons. The van der Waals surface area contributed by atoms with Crippen LogP contribution in [-0.4, -0.2) is 41.2 Å². The van der Waals surface area contributed by atoms with Gasteiger partial charge in [0.2, 0.25) is 5.91 Å². The molecule has 6 heteroatoms. The van der Waals surface area contributed by atoms with Crippen LogP contribution in [0.4, 0.5) is 0 Å². The van der Waals surface area contributed by atoms with E-state index in [4.69, 9.17) is 9.15 Å². The zero-order valence-electron chi connectivity index (χ0n) is 21.2. The number of furan rings is 1. The molecule has 2 aromatic carbocycles. The first-order valence-electron chi connectivity index (χ1n) is 12.3. The van der Waals surface area contributed by atoms with Gasteiger partial charge in [-0.25, -0.2) is 0 Å². The number of amides is 2. The number of carbonyl (C=O) groups is 2. The third-order valence-corrected chi connectivity index (χ3v) is 6.71. The number of ether oxygens (including phenoxy) is 1. The van der Waals surface area contributed by atoms with Crippen molar-refractivity contribution >= 4 is 11.8 Å². The fraction of sp³-hybridized carbons (Fsp3) is 0.379. The van der Waals surface area contributed by atoms with E-state index >= 15 is 0 Å². The fourth-order valence-corrected chi connectivity index (χ4v) is 4.40. The van der Waals surface area contributed by atoms with Gasteiger partial charge in [-0.1, -0.05) is 42.8 Å². The topological polar surface area (TPSA) is 63.0 Å². The number of aryl methyl sites for hydroxylation is 1. The van der Waals surface area contributed by atoms with Crippen LogP contribution in [0.2, 0.25) is 0 Å². The van der Waals surface area contributed by atoms with E-state index in [0.717, 1.165) is 17.5 Å². The van der Waals surface area contributed by atoms with E-state index in [-0.39, 0.29) is 30.5 Å². The molecule has 1 atom stereocenters. The van der Waals surface area contributed by atoms with Gasteiger partial charge in [0.25, 0.3) is 5.91 Å². The highest BCUT2D eigenvalue weighted by Gasteiger charge is 2.31. The number of hydrogen-bond acceptors (Lipinski definition) is 4. The molecule has 6 nitrogen and oxygen atoms in total. The fourth-order valence-electron chi connectivity index (χ4n) is 4.40. The molecule has 3 aromatic rings. The molecule has 0 bridgehead atoms. The molecule has 0 unspecified atom stereocenters. The van der Waals surface area contributed by atoms with Crippen molar-refractivity contribution in [2.24, 2.45) is 0 Å².